The summed E-state index contributed by atoms with van der Waals surface area (Å²) in [6.07, 6.45) is 2.57. The van der Waals surface area contributed by atoms with E-state index in [0.717, 1.165) is 30.9 Å². The summed E-state index contributed by atoms with van der Waals surface area (Å²) >= 11 is 0. The monoisotopic (exact) mass is 248 g/mol. The van der Waals surface area contributed by atoms with E-state index in [1.54, 1.807) is 7.11 Å². The summed E-state index contributed by atoms with van der Waals surface area (Å²) in [6.45, 7) is 6.27. The van der Waals surface area contributed by atoms with Crippen LogP contribution in [0.1, 0.15) is 24.0 Å². The van der Waals surface area contributed by atoms with Crippen LogP contribution >= 0.6 is 0 Å². The summed E-state index contributed by atoms with van der Waals surface area (Å²) in [6, 6.07) is 6.40. The Bertz CT molecular complexity index is 390. The lowest BCUT2D eigenvalue weighted by atomic mass is 9.98. The molecule has 2 N–H and O–H groups in total. The number of nitrogens with two attached hydrogens (primary N) is 1. The van der Waals surface area contributed by atoms with Crippen LogP contribution in [0.5, 0.6) is 0 Å². The predicted octanol–water partition coefficient (Wildman–Crippen LogP) is 2.44. The molecule has 0 bridgehead atoms. The second-order valence-electron chi connectivity index (χ2n) is 5.39. The first kappa shape index (κ1) is 13.4. The summed E-state index contributed by atoms with van der Waals surface area (Å²) in [5, 5.41) is 0. The van der Waals surface area contributed by atoms with E-state index in [1.807, 2.05) is 0 Å². The standard InChI is InChI=1S/C15H24N2O/c1-12-5-6-13(8-15(12)16)9-17-7-3-4-14(10-17)11-18-2/h5-6,8,14H,3-4,7,9-11,16H2,1-2H3. The molecule has 3 heteroatoms. The molecule has 0 aromatic heterocycles. The van der Waals surface area contributed by atoms with E-state index in [1.165, 1.54) is 24.9 Å². The van der Waals surface area contributed by atoms with Gasteiger partial charge < -0.3 is 10.5 Å². The van der Waals surface area contributed by atoms with Crippen LogP contribution in [-0.2, 0) is 11.3 Å². The quantitative estimate of drug-likeness (QED) is 0.832. The molecule has 1 heterocycles. The van der Waals surface area contributed by atoms with Crippen molar-refractivity contribution in [1.29, 1.82) is 0 Å². The number of rotatable bonds is 4. The van der Waals surface area contributed by atoms with Gasteiger partial charge in [0.05, 0.1) is 6.61 Å². The molecule has 1 atom stereocenters. The molecule has 1 unspecified atom stereocenters. The van der Waals surface area contributed by atoms with Crippen LogP contribution in [-0.4, -0.2) is 31.7 Å². The Morgan fingerprint density at radius 1 is 1.44 bits per heavy atom. The molecule has 1 aromatic rings. The van der Waals surface area contributed by atoms with Gasteiger partial charge >= 0.3 is 0 Å². The lowest BCUT2D eigenvalue weighted by molar-refractivity contribution is 0.0874. The van der Waals surface area contributed by atoms with Gasteiger partial charge in [-0.15, -0.1) is 0 Å². The van der Waals surface area contributed by atoms with Crippen molar-refractivity contribution in [2.24, 2.45) is 5.92 Å². The highest BCUT2D eigenvalue weighted by Gasteiger charge is 2.19. The molecule has 1 fully saturated rings. The third-order valence-electron chi connectivity index (χ3n) is 3.76. The minimum Gasteiger partial charge on any atom is -0.399 e. The molecule has 1 saturated heterocycles. The van der Waals surface area contributed by atoms with E-state index < -0.39 is 0 Å². The molecule has 0 spiro atoms. The molecule has 0 amide bonds. The van der Waals surface area contributed by atoms with Crippen LogP contribution in [0.3, 0.4) is 0 Å². The van der Waals surface area contributed by atoms with Gasteiger partial charge in [-0.05, 0) is 49.4 Å². The number of nitrogens with zero attached hydrogens (tertiary/aromatic N) is 1. The molecule has 1 aliphatic rings. The summed E-state index contributed by atoms with van der Waals surface area (Å²) in [4.78, 5) is 2.51. The van der Waals surface area contributed by atoms with Crippen molar-refractivity contribution in [2.75, 3.05) is 32.5 Å². The van der Waals surface area contributed by atoms with Gasteiger partial charge in [-0.3, -0.25) is 4.90 Å². The number of hydrogen-bond donors (Lipinski definition) is 1. The van der Waals surface area contributed by atoms with Crippen LogP contribution in [0.15, 0.2) is 18.2 Å². The predicted molar refractivity (Wildman–Crippen MR) is 75.5 cm³/mol. The first-order valence-electron chi connectivity index (χ1n) is 6.75. The van der Waals surface area contributed by atoms with E-state index >= 15 is 0 Å². The summed E-state index contributed by atoms with van der Waals surface area (Å²) < 4.78 is 5.27. The summed E-state index contributed by atoms with van der Waals surface area (Å²) in [7, 11) is 1.79. The minimum absolute atomic E-state index is 0.687. The maximum Gasteiger partial charge on any atom is 0.0502 e. The summed E-state index contributed by atoms with van der Waals surface area (Å²) in [5.74, 6) is 0.687. The Hall–Kier alpha value is -1.06. The zero-order valence-corrected chi connectivity index (χ0v) is 11.5. The van der Waals surface area contributed by atoms with Crippen LogP contribution in [0.25, 0.3) is 0 Å². The Morgan fingerprint density at radius 2 is 2.28 bits per heavy atom. The Labute approximate surface area is 110 Å². The van der Waals surface area contributed by atoms with Crippen molar-refractivity contribution in [3.05, 3.63) is 29.3 Å². The van der Waals surface area contributed by atoms with Crippen LogP contribution in [0, 0.1) is 12.8 Å². The van der Waals surface area contributed by atoms with Gasteiger partial charge in [-0.2, -0.15) is 0 Å². The highest BCUT2D eigenvalue weighted by Crippen LogP contribution is 2.20. The highest BCUT2D eigenvalue weighted by molar-refractivity contribution is 5.48. The number of anilines is 1. The number of likely N-dealkylation sites (tertiary alicyclic amines) is 1. The molecule has 0 aliphatic carbocycles. The highest BCUT2D eigenvalue weighted by atomic mass is 16.5. The maximum atomic E-state index is 5.96. The number of ether oxygens (including phenoxy) is 1. The van der Waals surface area contributed by atoms with Crippen molar-refractivity contribution >= 4 is 5.69 Å². The second-order valence-corrected chi connectivity index (χ2v) is 5.39. The molecular weight excluding hydrogens is 224 g/mol. The number of piperidine rings is 1. The fourth-order valence-corrected chi connectivity index (χ4v) is 2.71. The van der Waals surface area contributed by atoms with E-state index in [2.05, 4.69) is 30.0 Å². The molecule has 1 aliphatic heterocycles. The largest absolute Gasteiger partial charge is 0.399 e. The van der Waals surface area contributed by atoms with E-state index in [0.29, 0.717) is 5.92 Å². The van der Waals surface area contributed by atoms with E-state index in [-0.39, 0.29) is 0 Å². The van der Waals surface area contributed by atoms with Crippen molar-refractivity contribution in [3.8, 4) is 0 Å². The lowest BCUT2D eigenvalue weighted by Crippen LogP contribution is -2.36. The molecule has 18 heavy (non-hydrogen) atoms. The zero-order valence-electron chi connectivity index (χ0n) is 11.5. The van der Waals surface area contributed by atoms with Gasteiger partial charge in [0.1, 0.15) is 0 Å². The zero-order chi connectivity index (χ0) is 13.0. The van der Waals surface area contributed by atoms with E-state index in [9.17, 15) is 0 Å². The fraction of sp³-hybridized carbons (Fsp3) is 0.600. The molecule has 100 valence electrons. The third kappa shape index (κ3) is 3.47. The van der Waals surface area contributed by atoms with Crippen molar-refractivity contribution < 1.29 is 4.74 Å². The molecule has 0 saturated carbocycles. The van der Waals surface area contributed by atoms with Crippen molar-refractivity contribution in [1.82, 2.24) is 4.90 Å². The Kier molecular flexibility index (Phi) is 4.61. The number of benzene rings is 1. The number of nitrogen functional groups attached to an aromatic ring is 1. The second kappa shape index (κ2) is 6.21. The smallest absolute Gasteiger partial charge is 0.0502 e. The van der Waals surface area contributed by atoms with Gasteiger partial charge in [-0.1, -0.05) is 12.1 Å². The first-order chi connectivity index (χ1) is 8.69. The normalized spacial score (nSPS) is 21.1. The van der Waals surface area contributed by atoms with Crippen LogP contribution < -0.4 is 5.73 Å². The van der Waals surface area contributed by atoms with Crippen molar-refractivity contribution in [2.45, 2.75) is 26.3 Å². The van der Waals surface area contributed by atoms with Crippen molar-refractivity contribution in [3.63, 3.8) is 0 Å². The van der Waals surface area contributed by atoms with Crippen LogP contribution in [0.2, 0.25) is 0 Å². The number of methoxy groups -OCH3 is 1. The topological polar surface area (TPSA) is 38.5 Å². The molecular formula is C15H24N2O. The molecule has 1 aromatic carbocycles. The Balaban J connectivity index is 1.93. The van der Waals surface area contributed by atoms with Gasteiger partial charge in [-0.25, -0.2) is 0 Å². The number of aryl methyl sites for hydroxylation is 1. The van der Waals surface area contributed by atoms with Gasteiger partial charge in [0.2, 0.25) is 0 Å². The Morgan fingerprint density at radius 3 is 3.00 bits per heavy atom. The fourth-order valence-electron chi connectivity index (χ4n) is 2.71. The maximum absolute atomic E-state index is 5.96. The summed E-state index contributed by atoms with van der Waals surface area (Å²) in [5.41, 5.74) is 9.34. The van der Waals surface area contributed by atoms with Gasteiger partial charge in [0.15, 0.2) is 0 Å². The van der Waals surface area contributed by atoms with Crippen LogP contribution in [0.4, 0.5) is 5.69 Å². The van der Waals surface area contributed by atoms with Gasteiger partial charge in [0.25, 0.3) is 0 Å². The molecule has 2 rings (SSSR count). The third-order valence-corrected chi connectivity index (χ3v) is 3.76. The first-order valence-corrected chi connectivity index (χ1v) is 6.75. The number of hydrogen-bond acceptors (Lipinski definition) is 3. The van der Waals surface area contributed by atoms with E-state index in [4.69, 9.17) is 10.5 Å². The lowest BCUT2D eigenvalue weighted by Gasteiger charge is -2.32. The molecule has 3 nitrogen and oxygen atoms in total. The van der Waals surface area contributed by atoms with Gasteiger partial charge in [0, 0.05) is 25.9 Å². The SMILES string of the molecule is COCC1CCCN(Cc2ccc(C)c(N)c2)C1. The molecule has 0 radical (unpaired) electrons. The average Bonchev–Trinajstić information content (AvgIpc) is 2.35. The average molecular weight is 248 g/mol. The minimum atomic E-state index is 0.687.